The fourth-order valence-corrected chi connectivity index (χ4v) is 7.61. The van der Waals surface area contributed by atoms with Crippen molar-refractivity contribution in [2.75, 3.05) is 40.5 Å². The van der Waals surface area contributed by atoms with Crippen molar-refractivity contribution in [3.05, 3.63) is 89.1 Å². The minimum Gasteiger partial charge on any atom is -0.496 e. The molecule has 3 N–H and O–H groups in total. The van der Waals surface area contributed by atoms with Crippen LogP contribution in [-0.2, 0) is 22.6 Å². The molecule has 8 rings (SSSR count). The first-order chi connectivity index (χ1) is 26.8. The van der Waals surface area contributed by atoms with Gasteiger partial charge >= 0.3 is 5.97 Å². The number of fused-ring (bicyclic) bond motifs is 2. The van der Waals surface area contributed by atoms with Crippen molar-refractivity contribution in [3.8, 4) is 45.8 Å². The Kier molecular flexibility index (Phi) is 11.4. The van der Waals surface area contributed by atoms with E-state index in [0.717, 1.165) is 63.2 Å². The number of methoxy groups -OCH3 is 2. The highest BCUT2D eigenvalue weighted by Crippen LogP contribution is 2.38. The molecule has 0 radical (unpaired) electrons. The fourth-order valence-electron chi connectivity index (χ4n) is 7.61. The third-order valence-electron chi connectivity index (χ3n) is 10.6. The predicted octanol–water partition coefficient (Wildman–Crippen LogP) is 7.64. The summed E-state index contributed by atoms with van der Waals surface area (Å²) in [5, 5.41) is 25.1. The summed E-state index contributed by atoms with van der Waals surface area (Å²) in [4.78, 5) is 18.5. The number of nitrogens with zero attached hydrogens (tertiary/aromatic N) is 5. The van der Waals surface area contributed by atoms with Crippen LogP contribution in [0, 0.1) is 24.2 Å². The van der Waals surface area contributed by atoms with Crippen LogP contribution >= 0.6 is 0 Å². The molecule has 6 aromatic rings. The van der Waals surface area contributed by atoms with Crippen molar-refractivity contribution < 1.29 is 28.5 Å². The monoisotopic (exact) mass is 742 g/mol. The highest BCUT2D eigenvalue weighted by Gasteiger charge is 2.25. The molecule has 0 spiro atoms. The van der Waals surface area contributed by atoms with E-state index in [0.29, 0.717) is 66.5 Å². The smallest absolute Gasteiger partial charge is 0.306 e. The maximum atomic E-state index is 11.4. The number of likely N-dealkylation sites (tertiary alicyclic amines) is 1. The van der Waals surface area contributed by atoms with Crippen LogP contribution in [0.25, 0.3) is 50.3 Å². The van der Waals surface area contributed by atoms with E-state index < -0.39 is 5.97 Å². The molecule has 0 atom stereocenters. The van der Waals surface area contributed by atoms with Gasteiger partial charge in [-0.25, -0.2) is 9.67 Å². The Hall–Kier alpha value is -5.74. The van der Waals surface area contributed by atoms with Gasteiger partial charge in [-0.15, -0.1) is 0 Å². The number of hydrogen-bond donors (Lipinski definition) is 2. The van der Waals surface area contributed by atoms with Crippen LogP contribution in [0.4, 0.5) is 0 Å². The van der Waals surface area contributed by atoms with Crippen molar-refractivity contribution in [3.63, 3.8) is 0 Å². The Balaban J connectivity index is 0.000000708. The van der Waals surface area contributed by atoms with Crippen LogP contribution in [0.1, 0.15) is 54.4 Å². The minimum absolute atomic E-state index is 0.278. The van der Waals surface area contributed by atoms with E-state index in [-0.39, 0.29) is 12.5 Å². The molecule has 0 bridgehead atoms. The fraction of sp³-hybridized carbons (Fsp3) is 0.349. The average Bonchev–Trinajstić information content (AvgIpc) is 3.86. The minimum atomic E-state index is -0.731. The number of carboxylic acid groups (broad SMARTS) is 1. The molecular formula is C43H46N6O6. The number of nitrogens with two attached hydrogens (primary N) is 1. The lowest BCUT2D eigenvalue weighted by Crippen LogP contribution is -2.35. The molecule has 0 saturated carbocycles. The molecule has 0 amide bonds. The number of ether oxygens (including phenoxy) is 3. The molecule has 2 fully saturated rings. The molecule has 12 nitrogen and oxygen atoms in total. The van der Waals surface area contributed by atoms with Gasteiger partial charge in [-0.3, -0.25) is 9.69 Å². The summed E-state index contributed by atoms with van der Waals surface area (Å²) in [6.45, 7) is 6.33. The number of carboxylic acids is 1. The second-order valence-electron chi connectivity index (χ2n) is 14.0. The van der Waals surface area contributed by atoms with E-state index in [2.05, 4.69) is 23.1 Å². The number of hydrogen-bond acceptors (Lipinski definition) is 10. The second-order valence-corrected chi connectivity index (χ2v) is 14.0. The quantitative estimate of drug-likeness (QED) is 0.150. The van der Waals surface area contributed by atoms with E-state index in [4.69, 9.17) is 34.4 Å². The van der Waals surface area contributed by atoms with Crippen molar-refractivity contribution in [1.29, 1.82) is 5.26 Å². The zero-order valence-electron chi connectivity index (χ0n) is 31.5. The topological polar surface area (TPSA) is 162 Å². The molecular weight excluding hydrogens is 697 g/mol. The maximum Gasteiger partial charge on any atom is 0.306 e. The molecule has 4 aromatic carbocycles. The molecule has 4 heterocycles. The van der Waals surface area contributed by atoms with Crippen LogP contribution in [0.15, 0.2) is 71.3 Å². The Bertz CT molecular complexity index is 2330. The molecule has 0 aliphatic carbocycles. The number of rotatable bonds is 9. The van der Waals surface area contributed by atoms with Crippen LogP contribution in [0.3, 0.4) is 0 Å². The number of benzene rings is 4. The molecule has 2 aliphatic heterocycles. The molecule has 12 heteroatoms. The number of piperidine rings is 1. The number of nitriles is 1. The summed E-state index contributed by atoms with van der Waals surface area (Å²) in [5.41, 5.74) is 14.7. The largest absolute Gasteiger partial charge is 0.496 e. The van der Waals surface area contributed by atoms with Gasteiger partial charge in [-0.1, -0.05) is 24.3 Å². The summed E-state index contributed by atoms with van der Waals surface area (Å²) >= 11 is 0. The second kappa shape index (κ2) is 16.7. The molecule has 2 saturated heterocycles. The Morgan fingerprint density at radius 3 is 2.29 bits per heavy atom. The van der Waals surface area contributed by atoms with Gasteiger partial charge in [0.25, 0.3) is 0 Å². The highest BCUT2D eigenvalue weighted by atomic mass is 16.5. The van der Waals surface area contributed by atoms with Crippen LogP contribution < -0.4 is 15.2 Å². The van der Waals surface area contributed by atoms with Crippen LogP contribution in [-0.4, -0.2) is 71.3 Å². The summed E-state index contributed by atoms with van der Waals surface area (Å²) < 4.78 is 24.5. The number of aliphatic carboxylic acids is 1. The van der Waals surface area contributed by atoms with Gasteiger partial charge in [0.2, 0.25) is 5.89 Å². The Labute approximate surface area is 320 Å². The zero-order chi connectivity index (χ0) is 38.5. The normalized spacial score (nSPS) is 15.0. The molecule has 284 valence electrons. The van der Waals surface area contributed by atoms with E-state index in [9.17, 15) is 15.2 Å². The van der Waals surface area contributed by atoms with Gasteiger partial charge in [0.15, 0.2) is 5.58 Å². The first-order valence-corrected chi connectivity index (χ1v) is 18.7. The van der Waals surface area contributed by atoms with Crippen molar-refractivity contribution in [2.45, 2.75) is 52.1 Å². The molecule has 0 unspecified atom stereocenters. The Morgan fingerprint density at radius 2 is 1.67 bits per heavy atom. The van der Waals surface area contributed by atoms with Crippen molar-refractivity contribution in [1.82, 2.24) is 19.7 Å². The summed E-state index contributed by atoms with van der Waals surface area (Å²) in [6.07, 6.45) is 7.02. The SMILES string of the molecule is C1CCOCC1.COc1cc(-n2ncc3c(-c4cccc(-c5nc6cc(CN7CCC(C(=O)O)CC7)cc(C#N)c6o5)c4C)cccc32)cc(OC)c1CN. The first-order valence-electron chi connectivity index (χ1n) is 18.7. The lowest BCUT2D eigenvalue weighted by atomic mass is 9.94. The van der Waals surface area contributed by atoms with E-state index >= 15 is 0 Å². The van der Waals surface area contributed by atoms with Gasteiger partial charge in [-0.2, -0.15) is 10.4 Å². The third-order valence-corrected chi connectivity index (χ3v) is 10.6. The summed E-state index contributed by atoms with van der Waals surface area (Å²) in [5.74, 6) is 0.671. The number of oxazole rings is 1. The number of carbonyl (C=O) groups is 1. The standard InChI is InChI=1S/C38H36N6O5.C5H10O/c1-22-27(29-8-5-9-33-31(29)20-41-44(33)26-16-34(47-2)30(19-40)35(17-26)48-3)6-4-7-28(22)37-42-32-15-23(14-25(18-39)36(32)49-37)21-43-12-10-24(11-13-43)38(45)46;1-2-4-6-5-3-1/h4-9,14-17,20,24H,10-13,19,21,40H2,1-3H3,(H,45,46);1-5H2. The highest BCUT2D eigenvalue weighted by molar-refractivity contribution is 5.97. The van der Waals surface area contributed by atoms with Crippen LogP contribution in [0.5, 0.6) is 11.5 Å². The maximum absolute atomic E-state index is 11.4. The van der Waals surface area contributed by atoms with Gasteiger partial charge in [-0.05, 0) is 98.6 Å². The van der Waals surface area contributed by atoms with Crippen LogP contribution in [0.2, 0.25) is 0 Å². The summed E-state index contributed by atoms with van der Waals surface area (Å²) in [6, 6.07) is 22.0. The molecule has 55 heavy (non-hydrogen) atoms. The van der Waals surface area contributed by atoms with Crippen molar-refractivity contribution in [2.24, 2.45) is 11.7 Å². The number of aromatic nitrogens is 3. The van der Waals surface area contributed by atoms with E-state index in [1.165, 1.54) is 19.3 Å². The Morgan fingerprint density at radius 1 is 0.982 bits per heavy atom. The van der Waals surface area contributed by atoms with E-state index in [1.807, 2.05) is 66.3 Å². The predicted molar refractivity (Wildman–Crippen MR) is 210 cm³/mol. The third kappa shape index (κ3) is 7.77. The lowest BCUT2D eigenvalue weighted by molar-refractivity contribution is -0.143. The van der Waals surface area contributed by atoms with Gasteiger partial charge in [0, 0.05) is 54.9 Å². The first kappa shape index (κ1) is 37.6. The summed E-state index contributed by atoms with van der Waals surface area (Å²) in [7, 11) is 3.22. The van der Waals surface area contributed by atoms with E-state index in [1.54, 1.807) is 14.2 Å². The molecule has 2 aliphatic rings. The molecule has 2 aromatic heterocycles. The average molecular weight is 743 g/mol. The van der Waals surface area contributed by atoms with Gasteiger partial charge in [0.1, 0.15) is 23.1 Å². The van der Waals surface area contributed by atoms with Crippen molar-refractivity contribution >= 4 is 28.0 Å². The van der Waals surface area contributed by atoms with Gasteiger partial charge < -0.3 is 29.5 Å². The van der Waals surface area contributed by atoms with Gasteiger partial charge in [0.05, 0.1) is 43.1 Å². The zero-order valence-corrected chi connectivity index (χ0v) is 31.5. The lowest BCUT2D eigenvalue weighted by Gasteiger charge is -2.30.